The Morgan fingerprint density at radius 2 is 1.71 bits per heavy atom. The van der Waals surface area contributed by atoms with Crippen molar-refractivity contribution in [2.45, 2.75) is 110 Å². The lowest BCUT2D eigenvalue weighted by atomic mass is 9.64. The van der Waals surface area contributed by atoms with E-state index in [0.717, 1.165) is 41.5 Å². The molecular weight excluding hydrogens is 596 g/mol. The fraction of sp³-hybridized carbons (Fsp3) is 0.476. The maximum Gasteiger partial charge on any atom is 0.317 e. The van der Waals surface area contributed by atoms with Gasteiger partial charge in [0, 0.05) is 29.1 Å². The third kappa shape index (κ3) is 7.61. The molecule has 4 unspecified atom stereocenters. The van der Waals surface area contributed by atoms with Gasteiger partial charge in [0.25, 0.3) is 0 Å². The van der Waals surface area contributed by atoms with Crippen LogP contribution < -0.4 is 5.32 Å². The van der Waals surface area contributed by atoms with E-state index in [2.05, 4.69) is 44.3 Å². The molecule has 6 nitrogen and oxygen atoms in total. The van der Waals surface area contributed by atoms with Crippen molar-refractivity contribution in [3.05, 3.63) is 107 Å². The van der Waals surface area contributed by atoms with Crippen molar-refractivity contribution in [2.75, 3.05) is 13.1 Å². The van der Waals surface area contributed by atoms with Gasteiger partial charge in [-0.25, -0.2) is 4.79 Å². The Bertz CT molecular complexity index is 1610. The first kappa shape index (κ1) is 35.6. The zero-order chi connectivity index (χ0) is 34.5. The third-order valence-corrected chi connectivity index (χ3v) is 10.8. The van der Waals surface area contributed by atoms with E-state index in [4.69, 9.17) is 0 Å². The molecule has 3 aromatic carbocycles. The summed E-state index contributed by atoms with van der Waals surface area (Å²) in [7, 11) is 0. The van der Waals surface area contributed by atoms with Crippen LogP contribution in [0.15, 0.2) is 84.4 Å². The maximum absolute atomic E-state index is 14.8. The van der Waals surface area contributed by atoms with E-state index in [1.165, 1.54) is 5.57 Å². The SMILES string of the molecule is CCCN(CC1(O)CCC2c3ccc(cc3C(=O)c3ccccc3-c3ccccc3)CC(O)CCC(C)=CCCC21C)C(=O)NC(C)C. The summed E-state index contributed by atoms with van der Waals surface area (Å²) in [5.41, 5.74) is 4.46. The minimum absolute atomic E-state index is 0.00903. The minimum Gasteiger partial charge on any atom is -0.393 e. The normalized spacial score (nSPS) is 24.5. The average Bonchev–Trinajstić information content (AvgIpc) is 3.32. The number of carbonyl (C=O) groups excluding carboxylic acids is 2. The van der Waals surface area contributed by atoms with Crippen LogP contribution in [0.5, 0.6) is 0 Å². The lowest BCUT2D eigenvalue weighted by molar-refractivity contribution is -0.0770. The lowest BCUT2D eigenvalue weighted by Gasteiger charge is -2.46. The van der Waals surface area contributed by atoms with Crippen molar-refractivity contribution in [3.63, 3.8) is 0 Å². The number of carbonyl (C=O) groups is 2. The van der Waals surface area contributed by atoms with Crippen molar-refractivity contribution < 1.29 is 19.8 Å². The summed E-state index contributed by atoms with van der Waals surface area (Å²) in [5.74, 6) is -0.164. The lowest BCUT2D eigenvalue weighted by Crippen LogP contribution is -2.56. The molecule has 6 heteroatoms. The van der Waals surface area contributed by atoms with Gasteiger partial charge in [0.15, 0.2) is 5.78 Å². The Hall–Kier alpha value is -3.74. The molecule has 4 atom stereocenters. The number of hydrogen-bond acceptors (Lipinski definition) is 4. The van der Waals surface area contributed by atoms with E-state index in [0.29, 0.717) is 49.8 Å². The highest BCUT2D eigenvalue weighted by Gasteiger charge is 2.57. The number of aliphatic hydroxyl groups is 2. The average molecular weight is 651 g/mol. The van der Waals surface area contributed by atoms with Crippen LogP contribution in [-0.2, 0) is 6.42 Å². The fourth-order valence-corrected chi connectivity index (χ4v) is 8.07. The number of nitrogens with one attached hydrogen (secondary N) is 1. The van der Waals surface area contributed by atoms with E-state index in [1.54, 1.807) is 4.90 Å². The first-order chi connectivity index (χ1) is 23.0. The second kappa shape index (κ2) is 15.2. The summed E-state index contributed by atoms with van der Waals surface area (Å²) in [6.07, 6.45) is 7.13. The van der Waals surface area contributed by atoms with Gasteiger partial charge < -0.3 is 20.4 Å². The molecule has 3 N–H and O–H groups in total. The van der Waals surface area contributed by atoms with Crippen LogP contribution in [0.1, 0.15) is 113 Å². The number of fused-ring (bicyclic) bond motifs is 8. The predicted octanol–water partition coefficient (Wildman–Crippen LogP) is 8.45. The molecular formula is C42H54N2O4. The molecule has 256 valence electrons. The summed E-state index contributed by atoms with van der Waals surface area (Å²) < 4.78 is 0. The van der Waals surface area contributed by atoms with Crippen LogP contribution in [0.25, 0.3) is 11.1 Å². The highest BCUT2D eigenvalue weighted by molar-refractivity contribution is 6.13. The number of rotatable bonds is 8. The molecule has 0 spiro atoms. The second-order valence-electron chi connectivity index (χ2n) is 14.7. The van der Waals surface area contributed by atoms with E-state index in [9.17, 15) is 19.8 Å². The smallest absolute Gasteiger partial charge is 0.317 e. The zero-order valence-electron chi connectivity index (χ0n) is 29.5. The van der Waals surface area contributed by atoms with Crippen LogP contribution in [0.2, 0.25) is 0 Å². The van der Waals surface area contributed by atoms with E-state index in [-0.39, 0.29) is 30.3 Å². The molecule has 0 heterocycles. The van der Waals surface area contributed by atoms with Gasteiger partial charge in [-0.3, -0.25) is 4.79 Å². The molecule has 1 fully saturated rings. The zero-order valence-corrected chi connectivity index (χ0v) is 29.5. The number of ketones is 1. The number of nitrogens with zero attached hydrogens (tertiary/aromatic N) is 1. The number of allylic oxidation sites excluding steroid dienone is 2. The molecule has 0 radical (unpaired) electrons. The number of benzene rings is 3. The van der Waals surface area contributed by atoms with Gasteiger partial charge in [-0.05, 0) is 106 Å². The highest BCUT2D eigenvalue weighted by atomic mass is 16.3. The molecule has 48 heavy (non-hydrogen) atoms. The predicted molar refractivity (Wildman–Crippen MR) is 194 cm³/mol. The molecule has 3 aliphatic carbocycles. The first-order valence-corrected chi connectivity index (χ1v) is 17.9. The first-order valence-electron chi connectivity index (χ1n) is 17.9. The van der Waals surface area contributed by atoms with Crippen LogP contribution in [-0.4, -0.2) is 57.8 Å². The summed E-state index contributed by atoms with van der Waals surface area (Å²) in [6.45, 7) is 11.0. The molecule has 2 bridgehead atoms. The Labute approximate surface area is 287 Å². The standard InChI is InChI=1S/C42H54N2O4/c1-6-25-44(40(47)43-29(2)3)28-42(48)24-22-38-35-21-19-31(26-33(45)20-18-30(4)13-12-23-41(38,42)5)27-37(35)39(46)36-17-11-10-16-34(36)32-14-8-7-9-15-32/h7-11,13-17,19,21,27,29,33,38,45,48H,6,12,18,20,22-26,28H2,1-5H3,(H,43,47). The number of amides is 2. The Kier molecular flexibility index (Phi) is 11.3. The number of aliphatic hydroxyl groups excluding tert-OH is 1. The van der Waals surface area contributed by atoms with Gasteiger partial charge >= 0.3 is 6.03 Å². The molecule has 2 amide bonds. The quantitative estimate of drug-likeness (QED) is 0.169. The Balaban J connectivity index is 1.63. The minimum atomic E-state index is -1.16. The van der Waals surface area contributed by atoms with Crippen molar-refractivity contribution in [3.8, 4) is 11.1 Å². The Morgan fingerprint density at radius 1 is 0.979 bits per heavy atom. The van der Waals surface area contributed by atoms with Crippen LogP contribution in [0, 0.1) is 5.41 Å². The molecule has 1 saturated carbocycles. The Morgan fingerprint density at radius 3 is 2.44 bits per heavy atom. The van der Waals surface area contributed by atoms with E-state index >= 15 is 0 Å². The summed E-state index contributed by atoms with van der Waals surface area (Å²) in [6, 6.07) is 23.8. The summed E-state index contributed by atoms with van der Waals surface area (Å²) >= 11 is 0. The fourth-order valence-electron chi connectivity index (χ4n) is 8.07. The summed E-state index contributed by atoms with van der Waals surface area (Å²) in [5, 5.41) is 26.8. The van der Waals surface area contributed by atoms with Gasteiger partial charge in [0.2, 0.25) is 0 Å². The van der Waals surface area contributed by atoms with Gasteiger partial charge in [0.1, 0.15) is 0 Å². The molecule has 0 aromatic heterocycles. The third-order valence-electron chi connectivity index (χ3n) is 10.8. The van der Waals surface area contributed by atoms with E-state index in [1.807, 2.05) is 74.5 Å². The largest absolute Gasteiger partial charge is 0.393 e. The topological polar surface area (TPSA) is 89.9 Å². The van der Waals surface area contributed by atoms with Crippen LogP contribution >= 0.6 is 0 Å². The molecule has 3 aromatic rings. The van der Waals surface area contributed by atoms with Crippen LogP contribution in [0.4, 0.5) is 4.79 Å². The molecule has 3 aliphatic rings. The number of hydrogen-bond donors (Lipinski definition) is 3. The monoisotopic (exact) mass is 650 g/mol. The highest BCUT2D eigenvalue weighted by Crippen LogP contribution is 2.59. The van der Waals surface area contributed by atoms with Gasteiger partial charge in [0.05, 0.1) is 18.2 Å². The van der Waals surface area contributed by atoms with Gasteiger partial charge in [-0.1, -0.05) is 92.2 Å². The molecule has 0 saturated heterocycles. The van der Waals surface area contributed by atoms with Crippen molar-refractivity contribution in [1.82, 2.24) is 10.2 Å². The maximum atomic E-state index is 14.8. The van der Waals surface area contributed by atoms with Crippen molar-refractivity contribution >= 4 is 11.8 Å². The van der Waals surface area contributed by atoms with Gasteiger partial charge in [-0.2, -0.15) is 0 Å². The van der Waals surface area contributed by atoms with Crippen molar-refractivity contribution in [1.29, 1.82) is 0 Å². The summed E-state index contributed by atoms with van der Waals surface area (Å²) in [4.78, 5) is 30.0. The van der Waals surface area contributed by atoms with Gasteiger partial charge in [-0.15, -0.1) is 0 Å². The molecule has 0 aliphatic heterocycles. The van der Waals surface area contributed by atoms with Crippen LogP contribution in [0.3, 0.4) is 0 Å². The molecule has 6 rings (SSSR count). The second-order valence-corrected chi connectivity index (χ2v) is 14.7. The van der Waals surface area contributed by atoms with E-state index < -0.39 is 17.1 Å². The van der Waals surface area contributed by atoms with Crippen molar-refractivity contribution in [2.24, 2.45) is 5.41 Å². The number of urea groups is 1.